The third-order valence-corrected chi connectivity index (χ3v) is 4.43. The maximum Gasteiger partial charge on any atom is 0.259 e. The van der Waals surface area contributed by atoms with Crippen LogP contribution in [0.15, 0.2) is 66.9 Å². The number of rotatable bonds is 8. The first-order valence-electron chi connectivity index (χ1n) is 9.72. The quantitative estimate of drug-likeness (QED) is 0.541. The Bertz CT molecular complexity index is 972. The number of carbonyl (C=O) groups excluding carboxylic acids is 1. The van der Waals surface area contributed by atoms with E-state index in [2.05, 4.69) is 4.98 Å². The average Bonchev–Trinajstić information content (AvgIpc) is 2.77. The molecule has 6 nitrogen and oxygen atoms in total. The largest absolute Gasteiger partial charge is 0.493 e. The van der Waals surface area contributed by atoms with Crippen molar-refractivity contribution in [2.45, 2.75) is 26.5 Å². The van der Waals surface area contributed by atoms with Gasteiger partial charge < -0.3 is 14.2 Å². The van der Waals surface area contributed by atoms with E-state index in [9.17, 15) is 4.79 Å². The molecule has 0 unspecified atom stereocenters. The Morgan fingerprint density at radius 3 is 2.30 bits per heavy atom. The van der Waals surface area contributed by atoms with Crippen molar-refractivity contribution in [2.75, 3.05) is 19.1 Å². The Morgan fingerprint density at radius 1 is 0.967 bits per heavy atom. The van der Waals surface area contributed by atoms with Gasteiger partial charge in [-0.15, -0.1) is 0 Å². The van der Waals surface area contributed by atoms with Crippen LogP contribution < -0.4 is 19.1 Å². The second-order valence-corrected chi connectivity index (χ2v) is 6.96. The Labute approximate surface area is 177 Å². The van der Waals surface area contributed by atoms with Crippen molar-refractivity contribution in [3.8, 4) is 17.2 Å². The lowest BCUT2D eigenvalue weighted by molar-refractivity contribution is 0.0984. The third-order valence-electron chi connectivity index (χ3n) is 4.43. The van der Waals surface area contributed by atoms with Crippen LogP contribution >= 0.6 is 0 Å². The lowest BCUT2D eigenvalue weighted by Gasteiger charge is -2.23. The average molecular weight is 406 g/mol. The first kappa shape index (κ1) is 21.2. The van der Waals surface area contributed by atoms with Crippen molar-refractivity contribution in [3.63, 3.8) is 0 Å². The number of pyridine rings is 1. The van der Waals surface area contributed by atoms with Crippen LogP contribution in [0.1, 0.15) is 29.8 Å². The van der Waals surface area contributed by atoms with E-state index in [4.69, 9.17) is 14.2 Å². The Hall–Kier alpha value is -3.54. The molecule has 0 aliphatic carbocycles. The smallest absolute Gasteiger partial charge is 0.259 e. The lowest BCUT2D eigenvalue weighted by atomic mass is 10.1. The zero-order valence-corrected chi connectivity index (χ0v) is 17.7. The third kappa shape index (κ3) is 5.08. The summed E-state index contributed by atoms with van der Waals surface area (Å²) in [6.07, 6.45) is 1.74. The predicted octanol–water partition coefficient (Wildman–Crippen LogP) is 4.73. The number of ether oxygens (including phenoxy) is 3. The van der Waals surface area contributed by atoms with Gasteiger partial charge in [0.05, 0.1) is 26.9 Å². The fourth-order valence-corrected chi connectivity index (χ4v) is 3.04. The number of hydrogen-bond donors (Lipinski definition) is 0. The summed E-state index contributed by atoms with van der Waals surface area (Å²) >= 11 is 0. The zero-order valence-electron chi connectivity index (χ0n) is 17.7. The van der Waals surface area contributed by atoms with Crippen LogP contribution in [0.5, 0.6) is 17.2 Å². The molecule has 0 N–H and O–H groups in total. The molecule has 0 saturated carbocycles. The van der Waals surface area contributed by atoms with Crippen LogP contribution in [0.2, 0.25) is 0 Å². The predicted molar refractivity (Wildman–Crippen MR) is 117 cm³/mol. The normalized spacial score (nSPS) is 10.6. The van der Waals surface area contributed by atoms with E-state index >= 15 is 0 Å². The minimum Gasteiger partial charge on any atom is -0.493 e. The lowest BCUT2D eigenvalue weighted by Crippen LogP contribution is -2.31. The summed E-state index contributed by atoms with van der Waals surface area (Å²) in [5.74, 6) is 2.39. The Morgan fingerprint density at radius 2 is 1.70 bits per heavy atom. The first-order valence-corrected chi connectivity index (χ1v) is 9.72. The van der Waals surface area contributed by atoms with E-state index in [1.165, 1.54) is 0 Å². The van der Waals surface area contributed by atoms with Crippen LogP contribution in [0, 0.1) is 0 Å². The molecule has 0 aliphatic rings. The minimum absolute atomic E-state index is 0.0709. The molecule has 0 saturated heterocycles. The second-order valence-electron chi connectivity index (χ2n) is 6.96. The van der Waals surface area contributed by atoms with Crippen LogP contribution in [0.3, 0.4) is 0 Å². The maximum atomic E-state index is 13.3. The molecule has 0 bridgehead atoms. The molecule has 0 atom stereocenters. The van der Waals surface area contributed by atoms with Crippen molar-refractivity contribution in [3.05, 3.63) is 78.0 Å². The molecule has 3 rings (SSSR count). The molecular formula is C24H26N2O4. The molecule has 3 aromatic rings. The van der Waals surface area contributed by atoms with Gasteiger partial charge in [-0.3, -0.25) is 9.69 Å². The second kappa shape index (κ2) is 9.78. The highest BCUT2D eigenvalue weighted by molar-refractivity contribution is 6.05. The molecule has 30 heavy (non-hydrogen) atoms. The number of amides is 1. The van der Waals surface area contributed by atoms with Gasteiger partial charge in [0.25, 0.3) is 5.91 Å². The van der Waals surface area contributed by atoms with Gasteiger partial charge in [0.2, 0.25) is 0 Å². The van der Waals surface area contributed by atoms with Crippen molar-refractivity contribution in [2.24, 2.45) is 0 Å². The van der Waals surface area contributed by atoms with Crippen molar-refractivity contribution >= 4 is 11.7 Å². The molecule has 0 fully saturated rings. The maximum absolute atomic E-state index is 13.3. The number of hydrogen-bond acceptors (Lipinski definition) is 5. The Balaban J connectivity index is 1.91. The van der Waals surface area contributed by atoms with Gasteiger partial charge in [-0.1, -0.05) is 12.1 Å². The van der Waals surface area contributed by atoms with Crippen LogP contribution in [-0.2, 0) is 6.54 Å². The molecule has 0 spiro atoms. The summed E-state index contributed by atoms with van der Waals surface area (Å²) in [5.41, 5.74) is 1.45. The number of anilines is 1. The molecule has 156 valence electrons. The molecule has 0 aliphatic heterocycles. The summed E-state index contributed by atoms with van der Waals surface area (Å²) in [6.45, 7) is 4.26. The fourth-order valence-electron chi connectivity index (χ4n) is 3.04. The Kier molecular flexibility index (Phi) is 6.91. The minimum atomic E-state index is -0.153. The molecule has 6 heteroatoms. The van der Waals surface area contributed by atoms with Crippen molar-refractivity contribution < 1.29 is 19.0 Å². The highest BCUT2D eigenvalue weighted by Crippen LogP contribution is 2.29. The number of methoxy groups -OCH3 is 2. The number of nitrogens with zero attached hydrogens (tertiary/aromatic N) is 2. The standard InChI is InChI=1S/C24H26N2O4/c1-17(2)30-20-11-9-19(10-12-20)24(27)26(23-7-5-6-14-25-23)16-18-8-13-21(28-3)22(15-18)29-4/h5-15,17H,16H2,1-4H3. The monoisotopic (exact) mass is 406 g/mol. The van der Waals surface area contributed by atoms with E-state index in [1.54, 1.807) is 49.6 Å². The van der Waals surface area contributed by atoms with Gasteiger partial charge in [0.15, 0.2) is 11.5 Å². The van der Waals surface area contributed by atoms with Gasteiger partial charge >= 0.3 is 0 Å². The highest BCUT2D eigenvalue weighted by Gasteiger charge is 2.20. The van der Waals surface area contributed by atoms with Gasteiger partial charge in [0.1, 0.15) is 11.6 Å². The molecule has 2 aromatic carbocycles. The van der Waals surface area contributed by atoms with Crippen molar-refractivity contribution in [1.82, 2.24) is 4.98 Å². The van der Waals surface area contributed by atoms with Gasteiger partial charge in [-0.05, 0) is 67.9 Å². The summed E-state index contributed by atoms with van der Waals surface area (Å²) in [6, 6.07) is 18.2. The van der Waals surface area contributed by atoms with E-state index < -0.39 is 0 Å². The summed E-state index contributed by atoms with van der Waals surface area (Å²) in [4.78, 5) is 19.4. The van der Waals surface area contributed by atoms with Crippen molar-refractivity contribution in [1.29, 1.82) is 0 Å². The summed E-state index contributed by atoms with van der Waals surface area (Å²) < 4.78 is 16.4. The van der Waals surface area contributed by atoms with E-state index in [1.807, 2.05) is 50.2 Å². The molecule has 0 radical (unpaired) electrons. The fraction of sp³-hybridized carbons (Fsp3) is 0.250. The van der Waals surface area contributed by atoms with Gasteiger partial charge in [-0.25, -0.2) is 4.98 Å². The zero-order chi connectivity index (χ0) is 21.5. The SMILES string of the molecule is COc1ccc(CN(C(=O)c2ccc(OC(C)C)cc2)c2ccccn2)cc1OC. The van der Waals surface area contributed by atoms with Gasteiger partial charge in [-0.2, -0.15) is 0 Å². The van der Waals surface area contributed by atoms with E-state index in [-0.39, 0.29) is 12.0 Å². The first-order chi connectivity index (χ1) is 14.5. The van der Waals surface area contributed by atoms with Crippen LogP contribution in [0.25, 0.3) is 0 Å². The topological polar surface area (TPSA) is 60.9 Å². The number of carbonyl (C=O) groups is 1. The van der Waals surface area contributed by atoms with E-state index in [0.717, 1.165) is 11.3 Å². The summed E-state index contributed by atoms with van der Waals surface area (Å²) in [5, 5.41) is 0. The number of benzene rings is 2. The van der Waals surface area contributed by atoms with Gasteiger partial charge in [0, 0.05) is 11.8 Å². The molecule has 1 amide bonds. The van der Waals surface area contributed by atoms with Crippen LogP contribution in [0.4, 0.5) is 5.82 Å². The van der Waals surface area contributed by atoms with Crippen LogP contribution in [-0.4, -0.2) is 31.2 Å². The number of aromatic nitrogens is 1. The molecular weight excluding hydrogens is 380 g/mol. The van der Waals surface area contributed by atoms with E-state index in [0.29, 0.717) is 29.4 Å². The summed E-state index contributed by atoms with van der Waals surface area (Å²) in [7, 11) is 3.18. The highest BCUT2D eigenvalue weighted by atomic mass is 16.5. The molecule has 1 aromatic heterocycles. The molecule has 1 heterocycles.